The summed E-state index contributed by atoms with van der Waals surface area (Å²) in [5.41, 5.74) is 3.48. The van der Waals surface area contributed by atoms with Gasteiger partial charge in [0, 0.05) is 6.54 Å². The number of nitrogens with one attached hydrogen (secondary N) is 2. The second kappa shape index (κ2) is 7.34. The fraction of sp³-hybridized carbons (Fsp3) is 0.588. The van der Waals surface area contributed by atoms with Gasteiger partial charge in [0.2, 0.25) is 0 Å². The van der Waals surface area contributed by atoms with E-state index in [1.165, 1.54) is 11.1 Å². The van der Waals surface area contributed by atoms with Crippen molar-refractivity contribution in [3.8, 4) is 0 Å². The normalized spacial score (nSPS) is 21.4. The number of rotatable bonds is 4. The molecule has 1 aliphatic rings. The van der Waals surface area contributed by atoms with E-state index in [0.29, 0.717) is 13.0 Å². The summed E-state index contributed by atoms with van der Waals surface area (Å²) in [5.74, 6) is 0.482. The van der Waals surface area contributed by atoms with Gasteiger partial charge >= 0.3 is 6.03 Å². The molecule has 5 nitrogen and oxygen atoms in total. The molecule has 2 atom stereocenters. The van der Waals surface area contributed by atoms with Gasteiger partial charge in [-0.2, -0.15) is 0 Å². The zero-order valence-electron chi connectivity index (χ0n) is 14.1. The van der Waals surface area contributed by atoms with Crippen LogP contribution in [0.3, 0.4) is 0 Å². The van der Waals surface area contributed by atoms with Gasteiger partial charge in [0.1, 0.15) is 0 Å². The third kappa shape index (κ3) is 5.23. The first kappa shape index (κ1) is 17.8. The maximum absolute atomic E-state index is 12.0. The van der Waals surface area contributed by atoms with Crippen molar-refractivity contribution in [3.63, 3.8) is 0 Å². The summed E-state index contributed by atoms with van der Waals surface area (Å²) in [5, 5.41) is 5.71. The van der Waals surface area contributed by atoms with Crippen LogP contribution >= 0.6 is 0 Å². The third-order valence-corrected chi connectivity index (χ3v) is 6.38. The van der Waals surface area contributed by atoms with Crippen molar-refractivity contribution in [1.82, 2.24) is 10.6 Å². The van der Waals surface area contributed by atoms with Crippen molar-refractivity contribution in [1.29, 1.82) is 0 Å². The Hall–Kier alpha value is -1.56. The Kier molecular flexibility index (Phi) is 5.68. The summed E-state index contributed by atoms with van der Waals surface area (Å²) < 4.78 is 23.2. The fourth-order valence-corrected chi connectivity index (χ4v) is 4.66. The van der Waals surface area contributed by atoms with E-state index in [2.05, 4.69) is 30.5 Å². The number of aryl methyl sites for hydroxylation is 2. The molecule has 1 fully saturated rings. The van der Waals surface area contributed by atoms with Gasteiger partial charge in [-0.1, -0.05) is 18.2 Å². The minimum absolute atomic E-state index is 0.0245. The van der Waals surface area contributed by atoms with Crippen LogP contribution in [0.5, 0.6) is 0 Å². The molecule has 0 spiro atoms. The molecule has 2 rings (SSSR count). The highest BCUT2D eigenvalue weighted by molar-refractivity contribution is 7.91. The standard InChI is InChI=1S/C17H26N2O3S/c1-12-6-7-16(9-13(12)2)14(3)19-17(20)18-10-15-5-4-8-23(21,22)11-15/h6-7,9,14-15H,4-5,8,10-11H2,1-3H3,(H2,18,19,20). The summed E-state index contributed by atoms with van der Waals surface area (Å²) >= 11 is 0. The van der Waals surface area contributed by atoms with Gasteiger partial charge in [0.25, 0.3) is 0 Å². The van der Waals surface area contributed by atoms with Crippen LogP contribution in [0.25, 0.3) is 0 Å². The second-order valence-electron chi connectivity index (χ2n) is 6.54. The van der Waals surface area contributed by atoms with E-state index in [4.69, 9.17) is 0 Å². The SMILES string of the molecule is Cc1ccc(C(C)NC(=O)NCC2CCCS(=O)(=O)C2)cc1C. The Labute approximate surface area is 138 Å². The highest BCUT2D eigenvalue weighted by atomic mass is 32.2. The fourth-order valence-electron chi connectivity index (χ4n) is 2.88. The molecule has 0 aliphatic carbocycles. The smallest absolute Gasteiger partial charge is 0.315 e. The van der Waals surface area contributed by atoms with Gasteiger partial charge in [-0.05, 0) is 56.2 Å². The average Bonchev–Trinajstić information content (AvgIpc) is 2.47. The molecular weight excluding hydrogens is 312 g/mol. The molecule has 0 aromatic heterocycles. The van der Waals surface area contributed by atoms with Gasteiger partial charge in [0.15, 0.2) is 9.84 Å². The minimum atomic E-state index is -2.93. The molecule has 1 aromatic rings. The maximum atomic E-state index is 12.0. The monoisotopic (exact) mass is 338 g/mol. The lowest BCUT2D eigenvalue weighted by Crippen LogP contribution is -2.41. The second-order valence-corrected chi connectivity index (χ2v) is 8.77. The molecule has 6 heteroatoms. The zero-order valence-corrected chi connectivity index (χ0v) is 14.9. The Morgan fingerprint density at radius 2 is 2.04 bits per heavy atom. The molecule has 1 heterocycles. The summed E-state index contributed by atoms with van der Waals surface area (Å²) in [6.45, 7) is 6.46. The van der Waals surface area contributed by atoms with E-state index in [-0.39, 0.29) is 29.5 Å². The Bertz CT molecular complexity index is 670. The molecule has 1 aromatic carbocycles. The van der Waals surface area contributed by atoms with Crippen molar-refractivity contribution in [3.05, 3.63) is 34.9 Å². The molecule has 1 aliphatic heterocycles. The number of carbonyl (C=O) groups excluding carboxylic acids is 1. The largest absolute Gasteiger partial charge is 0.338 e. The maximum Gasteiger partial charge on any atom is 0.315 e. The number of amides is 2. The zero-order chi connectivity index (χ0) is 17.0. The van der Waals surface area contributed by atoms with Gasteiger partial charge in [-0.25, -0.2) is 13.2 Å². The highest BCUT2D eigenvalue weighted by Gasteiger charge is 2.25. The first-order valence-corrected chi connectivity index (χ1v) is 9.91. The van der Waals surface area contributed by atoms with Crippen LogP contribution in [0, 0.1) is 19.8 Å². The summed E-state index contributed by atoms with van der Waals surface area (Å²) in [6.07, 6.45) is 1.54. The Morgan fingerprint density at radius 1 is 1.30 bits per heavy atom. The van der Waals surface area contributed by atoms with Crippen LogP contribution in [0.2, 0.25) is 0 Å². The van der Waals surface area contributed by atoms with E-state index < -0.39 is 9.84 Å². The molecule has 23 heavy (non-hydrogen) atoms. The Morgan fingerprint density at radius 3 is 2.70 bits per heavy atom. The lowest BCUT2D eigenvalue weighted by Gasteiger charge is -2.23. The molecule has 1 saturated heterocycles. The van der Waals surface area contributed by atoms with Gasteiger partial charge in [-0.3, -0.25) is 0 Å². The van der Waals surface area contributed by atoms with Crippen LogP contribution in [0.4, 0.5) is 4.79 Å². The molecule has 2 amide bonds. The van der Waals surface area contributed by atoms with E-state index in [1.807, 2.05) is 19.1 Å². The van der Waals surface area contributed by atoms with Crippen LogP contribution in [-0.4, -0.2) is 32.5 Å². The topological polar surface area (TPSA) is 75.3 Å². The van der Waals surface area contributed by atoms with Crippen molar-refractivity contribution < 1.29 is 13.2 Å². The third-order valence-electron chi connectivity index (χ3n) is 4.49. The predicted molar refractivity (Wildman–Crippen MR) is 92.2 cm³/mol. The van der Waals surface area contributed by atoms with Crippen LogP contribution in [0.1, 0.15) is 42.5 Å². The molecule has 0 saturated carbocycles. The number of benzene rings is 1. The quantitative estimate of drug-likeness (QED) is 0.885. The van der Waals surface area contributed by atoms with Gasteiger partial charge in [0.05, 0.1) is 17.5 Å². The number of hydrogen-bond acceptors (Lipinski definition) is 3. The molecule has 0 radical (unpaired) electrons. The van der Waals surface area contributed by atoms with Crippen LogP contribution in [0.15, 0.2) is 18.2 Å². The lowest BCUT2D eigenvalue weighted by atomic mass is 10.0. The van der Waals surface area contributed by atoms with Crippen molar-refractivity contribution in [2.24, 2.45) is 5.92 Å². The molecule has 2 N–H and O–H groups in total. The highest BCUT2D eigenvalue weighted by Crippen LogP contribution is 2.18. The molecular formula is C17H26N2O3S. The first-order chi connectivity index (χ1) is 10.8. The lowest BCUT2D eigenvalue weighted by molar-refractivity contribution is 0.236. The summed E-state index contributed by atoms with van der Waals surface area (Å²) in [7, 11) is -2.93. The van der Waals surface area contributed by atoms with Crippen LogP contribution in [-0.2, 0) is 9.84 Å². The van der Waals surface area contributed by atoms with E-state index in [1.54, 1.807) is 0 Å². The van der Waals surface area contributed by atoms with Gasteiger partial charge < -0.3 is 10.6 Å². The van der Waals surface area contributed by atoms with Crippen molar-refractivity contribution in [2.45, 2.75) is 39.7 Å². The first-order valence-electron chi connectivity index (χ1n) is 8.09. The van der Waals surface area contributed by atoms with Crippen LogP contribution < -0.4 is 10.6 Å². The number of carbonyl (C=O) groups is 1. The van der Waals surface area contributed by atoms with Crippen molar-refractivity contribution >= 4 is 15.9 Å². The number of urea groups is 1. The number of sulfone groups is 1. The summed E-state index contributed by atoms with van der Waals surface area (Å²) in [6, 6.07) is 5.80. The summed E-state index contributed by atoms with van der Waals surface area (Å²) in [4.78, 5) is 12.0. The van der Waals surface area contributed by atoms with E-state index >= 15 is 0 Å². The van der Waals surface area contributed by atoms with Gasteiger partial charge in [-0.15, -0.1) is 0 Å². The minimum Gasteiger partial charge on any atom is -0.338 e. The molecule has 0 bridgehead atoms. The van der Waals surface area contributed by atoms with Crippen molar-refractivity contribution in [2.75, 3.05) is 18.1 Å². The number of hydrogen-bond donors (Lipinski definition) is 2. The molecule has 2 unspecified atom stereocenters. The predicted octanol–water partition coefficient (Wildman–Crippen LogP) is 2.49. The molecule has 128 valence electrons. The average molecular weight is 338 g/mol. The Balaban J connectivity index is 1.83. The van der Waals surface area contributed by atoms with E-state index in [0.717, 1.165) is 12.0 Å². The van der Waals surface area contributed by atoms with E-state index in [9.17, 15) is 13.2 Å².